The van der Waals surface area contributed by atoms with E-state index in [0.717, 1.165) is 38.3 Å². The Morgan fingerprint density at radius 2 is 1.67 bits per heavy atom. The van der Waals surface area contributed by atoms with Crippen molar-refractivity contribution < 1.29 is 4.39 Å². The van der Waals surface area contributed by atoms with Gasteiger partial charge < -0.3 is 5.32 Å². The van der Waals surface area contributed by atoms with Gasteiger partial charge in [-0.1, -0.05) is 32.1 Å². The van der Waals surface area contributed by atoms with Gasteiger partial charge in [-0.2, -0.15) is 0 Å². The van der Waals surface area contributed by atoms with Crippen LogP contribution in [-0.2, 0) is 0 Å². The quantitative estimate of drug-likeness (QED) is 0.742. The topological polar surface area (TPSA) is 12.0 Å². The molecule has 0 bridgehead atoms. The lowest BCUT2D eigenvalue weighted by Gasteiger charge is -2.27. The van der Waals surface area contributed by atoms with Gasteiger partial charge in [0.05, 0.1) is 0 Å². The molecule has 1 N–H and O–H groups in total. The predicted molar refractivity (Wildman–Crippen MR) is 61.7 cm³/mol. The first kappa shape index (κ1) is 11.4. The van der Waals surface area contributed by atoms with E-state index in [1.54, 1.807) is 0 Å². The molecule has 2 atom stereocenters. The summed E-state index contributed by atoms with van der Waals surface area (Å²) in [5, 5.41) is 3.30. The second-order valence-corrected chi connectivity index (χ2v) is 5.34. The second-order valence-electron chi connectivity index (χ2n) is 5.34. The van der Waals surface area contributed by atoms with Crippen molar-refractivity contribution in [1.82, 2.24) is 5.32 Å². The summed E-state index contributed by atoms with van der Waals surface area (Å²) in [7, 11) is 0. The van der Waals surface area contributed by atoms with Crippen LogP contribution in [0.5, 0.6) is 0 Å². The molecule has 1 saturated heterocycles. The Morgan fingerprint density at radius 3 is 2.47 bits per heavy atom. The molecule has 1 nitrogen and oxygen atoms in total. The molecule has 0 radical (unpaired) electrons. The van der Waals surface area contributed by atoms with Crippen molar-refractivity contribution in [3.05, 3.63) is 0 Å². The Bertz CT molecular complexity index is 177. The second kappa shape index (κ2) is 5.83. The summed E-state index contributed by atoms with van der Waals surface area (Å²) >= 11 is 0. The van der Waals surface area contributed by atoms with Crippen molar-refractivity contribution in [3.8, 4) is 0 Å². The Kier molecular flexibility index (Phi) is 4.42. The minimum absolute atomic E-state index is 0.350. The summed E-state index contributed by atoms with van der Waals surface area (Å²) in [4.78, 5) is 0. The molecule has 1 saturated carbocycles. The number of nitrogens with one attached hydrogen (secondary N) is 1. The average Bonchev–Trinajstić information content (AvgIpc) is 2.46. The van der Waals surface area contributed by atoms with Gasteiger partial charge in [0.2, 0.25) is 0 Å². The SMILES string of the molecule is FC1CCNCCC1CC1CCCCC1. The molecule has 1 aliphatic carbocycles. The van der Waals surface area contributed by atoms with Crippen LogP contribution in [0.15, 0.2) is 0 Å². The summed E-state index contributed by atoms with van der Waals surface area (Å²) in [5.41, 5.74) is 0. The molecule has 2 aliphatic rings. The van der Waals surface area contributed by atoms with Crippen LogP contribution in [0.1, 0.15) is 51.4 Å². The van der Waals surface area contributed by atoms with E-state index in [2.05, 4.69) is 5.32 Å². The summed E-state index contributed by atoms with van der Waals surface area (Å²) in [6, 6.07) is 0. The number of rotatable bonds is 2. The predicted octanol–water partition coefficient (Wildman–Crippen LogP) is 3.29. The Balaban J connectivity index is 1.79. The first-order chi connectivity index (χ1) is 7.36. The molecule has 1 heterocycles. The highest BCUT2D eigenvalue weighted by Crippen LogP contribution is 2.33. The first-order valence-electron chi connectivity index (χ1n) is 6.71. The first-order valence-corrected chi connectivity index (χ1v) is 6.71. The lowest BCUT2D eigenvalue weighted by molar-refractivity contribution is 0.173. The van der Waals surface area contributed by atoms with E-state index in [4.69, 9.17) is 0 Å². The zero-order valence-corrected chi connectivity index (χ0v) is 9.68. The minimum atomic E-state index is -0.540. The van der Waals surface area contributed by atoms with E-state index in [-0.39, 0.29) is 0 Å². The third-order valence-corrected chi connectivity index (χ3v) is 4.16. The van der Waals surface area contributed by atoms with Crippen LogP contribution in [-0.4, -0.2) is 19.3 Å². The van der Waals surface area contributed by atoms with Crippen LogP contribution in [0.2, 0.25) is 0 Å². The Morgan fingerprint density at radius 1 is 0.933 bits per heavy atom. The largest absolute Gasteiger partial charge is 0.317 e. The van der Waals surface area contributed by atoms with E-state index in [9.17, 15) is 4.39 Å². The van der Waals surface area contributed by atoms with Crippen LogP contribution < -0.4 is 5.32 Å². The monoisotopic (exact) mass is 213 g/mol. The molecule has 0 aromatic rings. The number of hydrogen-bond donors (Lipinski definition) is 1. The van der Waals surface area contributed by atoms with Gasteiger partial charge in [0.15, 0.2) is 0 Å². The smallest absolute Gasteiger partial charge is 0.104 e. The van der Waals surface area contributed by atoms with Gasteiger partial charge in [0.25, 0.3) is 0 Å². The molecular weight excluding hydrogens is 189 g/mol. The van der Waals surface area contributed by atoms with Crippen molar-refractivity contribution >= 4 is 0 Å². The molecule has 15 heavy (non-hydrogen) atoms. The molecule has 2 unspecified atom stereocenters. The Labute approximate surface area is 92.8 Å². The standard InChI is InChI=1S/C13H24FN/c14-13-7-9-15-8-6-12(13)10-11-4-2-1-3-5-11/h11-13,15H,1-10H2. The number of halogens is 1. The van der Waals surface area contributed by atoms with Gasteiger partial charge in [0, 0.05) is 0 Å². The van der Waals surface area contributed by atoms with Crippen molar-refractivity contribution in [2.45, 2.75) is 57.5 Å². The van der Waals surface area contributed by atoms with Crippen LogP contribution in [0.25, 0.3) is 0 Å². The van der Waals surface area contributed by atoms with Crippen molar-refractivity contribution in [2.24, 2.45) is 11.8 Å². The summed E-state index contributed by atoms with van der Waals surface area (Å²) in [5.74, 6) is 1.18. The van der Waals surface area contributed by atoms with Gasteiger partial charge in [-0.05, 0) is 44.2 Å². The maximum absolute atomic E-state index is 13.8. The lowest BCUT2D eigenvalue weighted by atomic mass is 9.80. The third-order valence-electron chi connectivity index (χ3n) is 4.16. The van der Waals surface area contributed by atoms with Gasteiger partial charge >= 0.3 is 0 Å². The summed E-state index contributed by atoms with van der Waals surface area (Å²) in [6.45, 7) is 1.90. The van der Waals surface area contributed by atoms with E-state index < -0.39 is 6.17 Å². The van der Waals surface area contributed by atoms with Gasteiger partial charge in [-0.3, -0.25) is 0 Å². The maximum atomic E-state index is 13.8. The zero-order valence-electron chi connectivity index (χ0n) is 9.68. The lowest BCUT2D eigenvalue weighted by Crippen LogP contribution is -2.20. The van der Waals surface area contributed by atoms with E-state index in [0.29, 0.717) is 5.92 Å². The molecule has 0 aromatic carbocycles. The zero-order chi connectivity index (χ0) is 10.5. The molecule has 0 amide bonds. The molecule has 2 heteroatoms. The van der Waals surface area contributed by atoms with Gasteiger partial charge in [0.1, 0.15) is 6.17 Å². The third kappa shape index (κ3) is 3.44. The Hall–Kier alpha value is -0.110. The fourth-order valence-electron chi connectivity index (χ4n) is 3.19. The highest BCUT2D eigenvalue weighted by Gasteiger charge is 2.26. The fourth-order valence-corrected chi connectivity index (χ4v) is 3.19. The number of alkyl halides is 1. The fraction of sp³-hybridized carbons (Fsp3) is 1.00. The van der Waals surface area contributed by atoms with E-state index in [1.165, 1.54) is 32.1 Å². The van der Waals surface area contributed by atoms with Crippen molar-refractivity contribution in [3.63, 3.8) is 0 Å². The normalized spacial score (nSPS) is 35.0. The molecular formula is C13H24FN. The maximum Gasteiger partial charge on any atom is 0.104 e. The average molecular weight is 213 g/mol. The van der Waals surface area contributed by atoms with Gasteiger partial charge in [-0.25, -0.2) is 4.39 Å². The molecule has 88 valence electrons. The molecule has 0 aromatic heterocycles. The van der Waals surface area contributed by atoms with Crippen molar-refractivity contribution in [1.29, 1.82) is 0 Å². The summed E-state index contributed by atoms with van der Waals surface area (Å²) in [6.07, 6.45) is 9.29. The highest BCUT2D eigenvalue weighted by atomic mass is 19.1. The van der Waals surface area contributed by atoms with Crippen LogP contribution in [0.3, 0.4) is 0 Å². The molecule has 0 spiro atoms. The number of hydrogen-bond acceptors (Lipinski definition) is 1. The van der Waals surface area contributed by atoms with Crippen LogP contribution in [0, 0.1) is 11.8 Å². The minimum Gasteiger partial charge on any atom is -0.317 e. The van der Waals surface area contributed by atoms with Crippen molar-refractivity contribution in [2.75, 3.05) is 13.1 Å². The summed E-state index contributed by atoms with van der Waals surface area (Å²) < 4.78 is 13.8. The van der Waals surface area contributed by atoms with E-state index >= 15 is 0 Å². The van der Waals surface area contributed by atoms with Gasteiger partial charge in [-0.15, -0.1) is 0 Å². The van der Waals surface area contributed by atoms with Crippen LogP contribution in [0.4, 0.5) is 4.39 Å². The molecule has 2 rings (SSSR count). The molecule has 2 fully saturated rings. The highest BCUT2D eigenvalue weighted by molar-refractivity contribution is 4.79. The van der Waals surface area contributed by atoms with Crippen LogP contribution >= 0.6 is 0 Å². The molecule has 1 aliphatic heterocycles. The van der Waals surface area contributed by atoms with E-state index in [1.807, 2.05) is 0 Å².